The van der Waals surface area contributed by atoms with Crippen LogP contribution in [0.25, 0.3) is 0 Å². The van der Waals surface area contributed by atoms with Crippen LogP contribution in [0.4, 0.5) is 0 Å². The lowest BCUT2D eigenvalue weighted by Gasteiger charge is -2.13. The molecule has 6 heteroatoms. The van der Waals surface area contributed by atoms with Crippen LogP contribution >= 0.6 is 23.4 Å². The van der Waals surface area contributed by atoms with E-state index >= 15 is 0 Å². The minimum absolute atomic E-state index is 0.107. The van der Waals surface area contributed by atoms with Gasteiger partial charge in [-0.25, -0.2) is 9.78 Å². The van der Waals surface area contributed by atoms with Gasteiger partial charge in [0.05, 0.1) is 16.7 Å². The molecule has 0 saturated carbocycles. The first-order valence-electron chi connectivity index (χ1n) is 5.25. The number of halogens is 1. The molecule has 1 fully saturated rings. The predicted molar refractivity (Wildman–Crippen MR) is 65.9 cm³/mol. The maximum Gasteiger partial charge on any atom is 0.337 e. The van der Waals surface area contributed by atoms with Crippen LogP contribution in [-0.2, 0) is 4.74 Å². The van der Waals surface area contributed by atoms with Crippen molar-refractivity contribution in [2.45, 2.75) is 29.7 Å². The van der Waals surface area contributed by atoms with Crippen molar-refractivity contribution >= 4 is 29.3 Å². The predicted octanol–water partition coefficient (Wildman–Crippen LogP) is 2.70. The first-order valence-corrected chi connectivity index (χ1v) is 6.51. The number of thioether (sulfide) groups is 1. The average Bonchev–Trinajstić information content (AvgIpc) is 2.67. The Morgan fingerprint density at radius 1 is 1.71 bits per heavy atom. The van der Waals surface area contributed by atoms with Crippen LogP contribution in [-0.4, -0.2) is 34.0 Å². The fourth-order valence-electron chi connectivity index (χ4n) is 1.64. The molecule has 0 amide bonds. The van der Waals surface area contributed by atoms with E-state index in [0.717, 1.165) is 13.0 Å². The third-order valence-corrected chi connectivity index (χ3v) is 4.49. The molecule has 1 aromatic heterocycles. The normalized spacial score (nSPS) is 23.9. The van der Waals surface area contributed by atoms with Gasteiger partial charge in [0.2, 0.25) is 0 Å². The van der Waals surface area contributed by atoms with E-state index in [-0.39, 0.29) is 11.7 Å². The molecule has 1 aromatic rings. The molecule has 1 aliphatic heterocycles. The Hall–Kier alpha value is -0.780. The lowest BCUT2D eigenvalue weighted by molar-refractivity contribution is 0.0696. The fraction of sp³-hybridized carbons (Fsp3) is 0.455. The van der Waals surface area contributed by atoms with Gasteiger partial charge < -0.3 is 9.84 Å². The molecule has 4 nitrogen and oxygen atoms in total. The Labute approximate surface area is 108 Å². The number of carboxylic acid groups (broad SMARTS) is 1. The first kappa shape index (κ1) is 12.7. The van der Waals surface area contributed by atoms with Gasteiger partial charge in [0.1, 0.15) is 5.03 Å². The van der Waals surface area contributed by atoms with Crippen molar-refractivity contribution in [3.8, 4) is 0 Å². The molecule has 2 heterocycles. The molecule has 0 aromatic carbocycles. The van der Waals surface area contributed by atoms with E-state index < -0.39 is 5.97 Å². The summed E-state index contributed by atoms with van der Waals surface area (Å²) in [6, 6.07) is 1.43. The lowest BCUT2D eigenvalue weighted by Crippen LogP contribution is -2.13. The van der Waals surface area contributed by atoms with Crippen molar-refractivity contribution in [3.63, 3.8) is 0 Å². The summed E-state index contributed by atoms with van der Waals surface area (Å²) < 4.78 is 5.45. The van der Waals surface area contributed by atoms with Crippen molar-refractivity contribution < 1.29 is 14.6 Å². The standard InChI is InChI=1S/C11H12ClNO3S/c1-6-9(2-3-16-6)17-10-8(12)4-7(5-13-10)11(14)15/h4-6,9H,2-3H2,1H3,(H,14,15). The molecule has 1 saturated heterocycles. The number of hydrogen-bond acceptors (Lipinski definition) is 4. The molecule has 2 rings (SSSR count). The highest BCUT2D eigenvalue weighted by molar-refractivity contribution is 8.00. The number of rotatable bonds is 3. The minimum Gasteiger partial charge on any atom is -0.478 e. The maximum atomic E-state index is 10.7. The van der Waals surface area contributed by atoms with E-state index in [2.05, 4.69) is 4.98 Å². The number of aromatic nitrogens is 1. The largest absolute Gasteiger partial charge is 0.478 e. The Morgan fingerprint density at radius 3 is 3.00 bits per heavy atom. The van der Waals surface area contributed by atoms with Crippen LogP contribution in [0.5, 0.6) is 0 Å². The van der Waals surface area contributed by atoms with Crippen LogP contribution in [0.2, 0.25) is 5.02 Å². The van der Waals surface area contributed by atoms with Crippen LogP contribution in [0, 0.1) is 0 Å². The zero-order chi connectivity index (χ0) is 12.4. The van der Waals surface area contributed by atoms with Gasteiger partial charge in [-0.05, 0) is 19.4 Å². The third kappa shape index (κ3) is 2.91. The van der Waals surface area contributed by atoms with Gasteiger partial charge in [0, 0.05) is 18.1 Å². The number of ether oxygens (including phenoxy) is 1. The summed E-state index contributed by atoms with van der Waals surface area (Å²) in [5.41, 5.74) is 0.107. The second-order valence-corrected chi connectivity index (χ2v) is 5.47. The highest BCUT2D eigenvalue weighted by Gasteiger charge is 2.26. The zero-order valence-electron chi connectivity index (χ0n) is 9.22. The van der Waals surface area contributed by atoms with Gasteiger partial charge in [0.15, 0.2) is 0 Å². The van der Waals surface area contributed by atoms with E-state index in [9.17, 15) is 4.79 Å². The molecule has 2 unspecified atom stereocenters. The lowest BCUT2D eigenvalue weighted by atomic mass is 10.3. The zero-order valence-corrected chi connectivity index (χ0v) is 10.8. The second kappa shape index (κ2) is 5.25. The molecule has 0 bridgehead atoms. The van der Waals surface area contributed by atoms with Crippen molar-refractivity contribution in [1.29, 1.82) is 0 Å². The van der Waals surface area contributed by atoms with Gasteiger partial charge in [0.25, 0.3) is 0 Å². The molecule has 0 radical (unpaired) electrons. The minimum atomic E-state index is -1.02. The molecular weight excluding hydrogens is 262 g/mol. The van der Waals surface area contributed by atoms with Crippen molar-refractivity contribution in [2.24, 2.45) is 0 Å². The van der Waals surface area contributed by atoms with Crippen LogP contribution < -0.4 is 0 Å². The molecule has 1 aliphatic rings. The van der Waals surface area contributed by atoms with Gasteiger partial charge in [-0.3, -0.25) is 0 Å². The van der Waals surface area contributed by atoms with E-state index in [1.165, 1.54) is 12.3 Å². The summed E-state index contributed by atoms with van der Waals surface area (Å²) in [6.45, 7) is 2.77. The Balaban J connectivity index is 2.14. The smallest absolute Gasteiger partial charge is 0.337 e. The summed E-state index contributed by atoms with van der Waals surface area (Å²) in [7, 11) is 0. The molecular formula is C11H12ClNO3S. The summed E-state index contributed by atoms with van der Waals surface area (Å²) in [6.07, 6.45) is 2.47. The number of carboxylic acids is 1. The highest BCUT2D eigenvalue weighted by Crippen LogP contribution is 2.35. The average molecular weight is 274 g/mol. The quantitative estimate of drug-likeness (QED) is 0.918. The summed E-state index contributed by atoms with van der Waals surface area (Å²) in [5, 5.41) is 10.2. The molecule has 92 valence electrons. The molecule has 2 atom stereocenters. The third-order valence-electron chi connectivity index (χ3n) is 2.62. The molecule has 0 spiro atoms. The van der Waals surface area contributed by atoms with Crippen LogP contribution in [0.1, 0.15) is 23.7 Å². The second-order valence-electron chi connectivity index (χ2n) is 3.84. The van der Waals surface area contributed by atoms with Gasteiger partial charge in [-0.15, -0.1) is 0 Å². The number of aromatic carboxylic acids is 1. The molecule has 17 heavy (non-hydrogen) atoms. The number of hydrogen-bond donors (Lipinski definition) is 1. The number of pyridine rings is 1. The van der Waals surface area contributed by atoms with Gasteiger partial charge in [-0.2, -0.15) is 0 Å². The number of carbonyl (C=O) groups is 1. The monoisotopic (exact) mass is 273 g/mol. The van der Waals surface area contributed by atoms with E-state index in [0.29, 0.717) is 15.3 Å². The summed E-state index contributed by atoms with van der Waals surface area (Å²) in [4.78, 5) is 14.8. The van der Waals surface area contributed by atoms with Gasteiger partial charge >= 0.3 is 5.97 Å². The van der Waals surface area contributed by atoms with E-state index in [4.69, 9.17) is 21.4 Å². The summed E-state index contributed by atoms with van der Waals surface area (Å²) in [5.74, 6) is -1.02. The maximum absolute atomic E-state index is 10.7. The molecule has 0 aliphatic carbocycles. The van der Waals surface area contributed by atoms with Crippen molar-refractivity contribution in [1.82, 2.24) is 4.98 Å². The first-order chi connectivity index (χ1) is 8.08. The highest BCUT2D eigenvalue weighted by atomic mass is 35.5. The Morgan fingerprint density at radius 2 is 2.47 bits per heavy atom. The van der Waals surface area contributed by atoms with Crippen LogP contribution in [0.15, 0.2) is 17.3 Å². The van der Waals surface area contributed by atoms with E-state index in [1.807, 2.05) is 6.92 Å². The van der Waals surface area contributed by atoms with E-state index in [1.54, 1.807) is 11.8 Å². The fourth-order valence-corrected chi connectivity index (χ4v) is 3.00. The Kier molecular flexibility index (Phi) is 3.91. The summed E-state index contributed by atoms with van der Waals surface area (Å²) >= 11 is 7.56. The van der Waals surface area contributed by atoms with Crippen molar-refractivity contribution in [3.05, 3.63) is 22.8 Å². The SMILES string of the molecule is CC1OCCC1Sc1ncc(C(=O)O)cc1Cl. The Bertz CT molecular complexity index is 441. The van der Waals surface area contributed by atoms with Crippen LogP contribution in [0.3, 0.4) is 0 Å². The van der Waals surface area contributed by atoms with Gasteiger partial charge in [-0.1, -0.05) is 23.4 Å². The topological polar surface area (TPSA) is 59.4 Å². The molecule has 1 N–H and O–H groups in total. The number of nitrogens with zero attached hydrogens (tertiary/aromatic N) is 1. The van der Waals surface area contributed by atoms with Crippen molar-refractivity contribution in [2.75, 3.05) is 6.61 Å².